The van der Waals surface area contributed by atoms with Crippen LogP contribution in [0, 0.1) is 34.6 Å². The Balaban J connectivity index is 6.24. The SMILES string of the molecule is CC(C)(CC(C)(C)OC#N)NC(=O)N(C(=O)NC(C)(C)CC(C)(C)OC#N)C(C)(C)CC(C)(C)OC#N. The molecule has 0 heterocycles. The highest BCUT2D eigenvalue weighted by atomic mass is 16.5. The van der Waals surface area contributed by atoms with E-state index in [-0.39, 0.29) is 19.3 Å². The van der Waals surface area contributed by atoms with Gasteiger partial charge in [-0.15, -0.1) is 0 Å². The molecular formula is C26H44N6O5. The molecule has 0 saturated carbocycles. The molecule has 0 bridgehead atoms. The largest absolute Gasteiger partial charge is 0.421 e. The molecule has 0 fully saturated rings. The number of carbonyl (C=O) groups excluding carboxylic acids is 2. The number of nitrogens with zero attached hydrogens (tertiary/aromatic N) is 4. The van der Waals surface area contributed by atoms with Gasteiger partial charge in [0.1, 0.15) is 16.8 Å². The second-order valence-corrected chi connectivity index (χ2v) is 13.2. The number of nitrogens with one attached hydrogen (secondary N) is 2. The molecule has 0 radical (unpaired) electrons. The fourth-order valence-electron chi connectivity index (χ4n) is 5.15. The Labute approximate surface area is 222 Å². The normalized spacial score (nSPS) is 12.8. The number of amides is 4. The number of nitriles is 3. The molecule has 11 nitrogen and oxygen atoms in total. The summed E-state index contributed by atoms with van der Waals surface area (Å²) < 4.78 is 15.4. The van der Waals surface area contributed by atoms with E-state index in [1.165, 1.54) is 0 Å². The quantitative estimate of drug-likeness (QED) is 0.338. The van der Waals surface area contributed by atoms with E-state index in [0.29, 0.717) is 0 Å². The highest BCUT2D eigenvalue weighted by Crippen LogP contribution is 2.31. The molecule has 4 amide bonds. The Morgan fingerprint density at radius 1 is 0.595 bits per heavy atom. The number of ether oxygens (including phenoxy) is 3. The standard InChI is InChI=1S/C26H44N6O5/c1-21(2,13-24(7,8)35-16-27)30-19(33)32(23(5,6)15-26(11,12)37-18-29)20(34)31-22(3,4)14-25(9,10)36-17-28/h13-15H2,1-12H3,(H,30,33)(H,31,34). The summed E-state index contributed by atoms with van der Waals surface area (Å²) in [6, 6.07) is -1.34. The Kier molecular flexibility index (Phi) is 10.7. The molecule has 0 aliphatic rings. The number of rotatable bonds is 12. The van der Waals surface area contributed by atoms with Crippen LogP contribution in [0.4, 0.5) is 9.59 Å². The lowest BCUT2D eigenvalue weighted by molar-refractivity contribution is 0.0150. The van der Waals surface area contributed by atoms with E-state index < -0.39 is 45.5 Å². The molecule has 208 valence electrons. The first-order valence-corrected chi connectivity index (χ1v) is 12.1. The van der Waals surface area contributed by atoms with Crippen molar-refractivity contribution in [2.24, 2.45) is 0 Å². The van der Waals surface area contributed by atoms with E-state index in [9.17, 15) is 9.59 Å². The van der Waals surface area contributed by atoms with Gasteiger partial charge in [-0.3, -0.25) is 0 Å². The minimum absolute atomic E-state index is 0.154. The van der Waals surface area contributed by atoms with E-state index in [2.05, 4.69) is 10.6 Å². The number of urea groups is 2. The molecule has 11 heteroatoms. The second-order valence-electron chi connectivity index (χ2n) is 13.2. The third-order valence-corrected chi connectivity index (χ3v) is 5.46. The monoisotopic (exact) mass is 520 g/mol. The predicted octanol–water partition coefficient (Wildman–Crippen LogP) is 5.04. The van der Waals surface area contributed by atoms with E-state index >= 15 is 0 Å². The minimum atomic E-state index is -1.10. The van der Waals surface area contributed by atoms with Crippen LogP contribution in [0.15, 0.2) is 0 Å². The number of carbonyl (C=O) groups is 2. The molecule has 0 rings (SSSR count). The van der Waals surface area contributed by atoms with E-state index in [0.717, 1.165) is 4.90 Å². The number of hydrogen-bond donors (Lipinski definition) is 2. The van der Waals surface area contributed by atoms with Crippen molar-refractivity contribution < 1.29 is 23.8 Å². The van der Waals surface area contributed by atoms with Gasteiger partial charge in [0.15, 0.2) is 0 Å². The minimum Gasteiger partial charge on any atom is -0.421 e. The first-order chi connectivity index (χ1) is 16.4. The Morgan fingerprint density at radius 3 is 1.14 bits per heavy atom. The van der Waals surface area contributed by atoms with Gasteiger partial charge < -0.3 is 24.8 Å². The van der Waals surface area contributed by atoms with Crippen LogP contribution in [0.3, 0.4) is 0 Å². The van der Waals surface area contributed by atoms with Crippen LogP contribution >= 0.6 is 0 Å². The van der Waals surface area contributed by atoms with E-state index in [1.54, 1.807) is 102 Å². The molecule has 2 N–H and O–H groups in total. The van der Waals surface area contributed by atoms with Gasteiger partial charge in [0.25, 0.3) is 18.8 Å². The summed E-state index contributed by atoms with van der Waals surface area (Å²) in [7, 11) is 0. The molecule has 0 aromatic heterocycles. The fourth-order valence-corrected chi connectivity index (χ4v) is 5.15. The Morgan fingerprint density at radius 2 is 0.865 bits per heavy atom. The summed E-state index contributed by atoms with van der Waals surface area (Å²) in [5.41, 5.74) is -5.49. The van der Waals surface area contributed by atoms with Gasteiger partial charge in [0.2, 0.25) is 0 Å². The molecule has 0 unspecified atom stereocenters. The van der Waals surface area contributed by atoms with Crippen LogP contribution in [0.5, 0.6) is 0 Å². The van der Waals surface area contributed by atoms with Crippen molar-refractivity contribution in [3.63, 3.8) is 0 Å². The molecule has 0 aromatic carbocycles. The summed E-state index contributed by atoms with van der Waals surface area (Å²) in [4.78, 5) is 28.4. The molecular weight excluding hydrogens is 476 g/mol. The summed E-state index contributed by atoms with van der Waals surface area (Å²) >= 11 is 0. The molecule has 0 aromatic rings. The van der Waals surface area contributed by atoms with Crippen LogP contribution in [0.1, 0.15) is 102 Å². The maximum absolute atomic E-state index is 13.7. The van der Waals surface area contributed by atoms with Crippen molar-refractivity contribution >= 4 is 12.1 Å². The first-order valence-electron chi connectivity index (χ1n) is 12.1. The zero-order chi connectivity index (χ0) is 29.5. The average Bonchev–Trinajstić information content (AvgIpc) is 2.55. The number of hydrogen-bond acceptors (Lipinski definition) is 8. The van der Waals surface area contributed by atoms with Crippen LogP contribution < -0.4 is 10.6 Å². The van der Waals surface area contributed by atoms with Crippen LogP contribution in [0.2, 0.25) is 0 Å². The fraction of sp³-hybridized carbons (Fsp3) is 0.808. The first kappa shape index (κ1) is 33.6. The third kappa shape index (κ3) is 11.9. The van der Waals surface area contributed by atoms with Gasteiger partial charge in [-0.2, -0.15) is 15.8 Å². The second kappa shape index (κ2) is 11.8. The molecule has 37 heavy (non-hydrogen) atoms. The predicted molar refractivity (Wildman–Crippen MR) is 137 cm³/mol. The van der Waals surface area contributed by atoms with Crippen LogP contribution in [-0.2, 0) is 14.2 Å². The van der Waals surface area contributed by atoms with Crippen molar-refractivity contribution in [1.29, 1.82) is 15.8 Å². The van der Waals surface area contributed by atoms with Crippen molar-refractivity contribution in [3.05, 3.63) is 0 Å². The topological polar surface area (TPSA) is 160 Å². The van der Waals surface area contributed by atoms with Crippen LogP contribution in [0.25, 0.3) is 0 Å². The lowest BCUT2D eigenvalue weighted by Crippen LogP contribution is -2.65. The van der Waals surface area contributed by atoms with Crippen LogP contribution in [-0.4, -0.2) is 50.4 Å². The Bertz CT molecular complexity index is 892. The lowest BCUT2D eigenvalue weighted by atomic mass is 9.87. The maximum Gasteiger partial charge on any atom is 0.326 e. The van der Waals surface area contributed by atoms with Gasteiger partial charge in [-0.05, 0) is 83.1 Å². The van der Waals surface area contributed by atoms with Crippen molar-refractivity contribution in [2.75, 3.05) is 0 Å². The van der Waals surface area contributed by atoms with E-state index in [4.69, 9.17) is 30.0 Å². The van der Waals surface area contributed by atoms with Gasteiger partial charge in [-0.1, -0.05) is 0 Å². The summed E-state index contributed by atoms with van der Waals surface area (Å²) in [5.74, 6) is 0. The van der Waals surface area contributed by atoms with Gasteiger partial charge in [0.05, 0.1) is 5.54 Å². The average molecular weight is 521 g/mol. The highest BCUT2D eigenvalue weighted by molar-refractivity contribution is 5.95. The summed E-state index contributed by atoms with van der Waals surface area (Å²) in [5, 5.41) is 32.7. The number of imide groups is 1. The van der Waals surface area contributed by atoms with E-state index in [1.807, 2.05) is 0 Å². The Hall–Kier alpha value is -3.39. The zero-order valence-electron chi connectivity index (χ0n) is 24.5. The summed E-state index contributed by atoms with van der Waals surface area (Å²) in [6.07, 6.45) is 5.76. The third-order valence-electron chi connectivity index (χ3n) is 5.46. The van der Waals surface area contributed by atoms with Crippen molar-refractivity contribution in [3.8, 4) is 18.8 Å². The maximum atomic E-state index is 13.7. The van der Waals surface area contributed by atoms with Gasteiger partial charge in [0, 0.05) is 30.3 Å². The summed E-state index contributed by atoms with van der Waals surface area (Å²) in [6.45, 7) is 20.8. The molecule has 0 atom stereocenters. The lowest BCUT2D eigenvalue weighted by Gasteiger charge is -2.44. The molecule has 0 aliphatic carbocycles. The van der Waals surface area contributed by atoms with Crippen molar-refractivity contribution in [1.82, 2.24) is 15.5 Å². The molecule has 0 spiro atoms. The zero-order valence-corrected chi connectivity index (χ0v) is 24.5. The molecule has 0 saturated heterocycles. The van der Waals surface area contributed by atoms with Gasteiger partial charge >= 0.3 is 12.1 Å². The highest BCUT2D eigenvalue weighted by Gasteiger charge is 2.45. The molecule has 0 aliphatic heterocycles. The van der Waals surface area contributed by atoms with Gasteiger partial charge in [-0.25, -0.2) is 14.5 Å². The van der Waals surface area contributed by atoms with Crippen molar-refractivity contribution in [2.45, 2.75) is 136 Å². The smallest absolute Gasteiger partial charge is 0.326 e.